The highest BCUT2D eigenvalue weighted by Gasteiger charge is 2.32. The Kier molecular flexibility index (Phi) is 7.25. The maximum absolute atomic E-state index is 13.2. The Morgan fingerprint density at radius 1 is 0.861 bits per heavy atom. The minimum atomic E-state index is -1.34. The molecular formula is C28H25N3O5. The summed E-state index contributed by atoms with van der Waals surface area (Å²) in [6.07, 6.45) is -1.34. The molecule has 0 saturated heterocycles. The first-order valence-electron chi connectivity index (χ1n) is 11.3. The van der Waals surface area contributed by atoms with Crippen LogP contribution in [0.2, 0.25) is 0 Å². The van der Waals surface area contributed by atoms with Gasteiger partial charge in [-0.2, -0.15) is 5.10 Å². The van der Waals surface area contributed by atoms with Crippen molar-refractivity contribution >= 4 is 23.3 Å². The van der Waals surface area contributed by atoms with E-state index in [1.54, 1.807) is 80.2 Å². The molecule has 1 amide bonds. The highest BCUT2D eigenvalue weighted by Crippen LogP contribution is 2.24. The van der Waals surface area contributed by atoms with Gasteiger partial charge in [0.15, 0.2) is 0 Å². The molecule has 0 unspecified atom stereocenters. The Morgan fingerprint density at radius 2 is 1.47 bits per heavy atom. The summed E-state index contributed by atoms with van der Waals surface area (Å²) in [4.78, 5) is 39.3. The lowest BCUT2D eigenvalue weighted by molar-refractivity contribution is -0.149. The van der Waals surface area contributed by atoms with E-state index in [1.807, 2.05) is 30.3 Å². The molecule has 1 aromatic heterocycles. The first-order chi connectivity index (χ1) is 17.4. The van der Waals surface area contributed by atoms with Crippen LogP contribution in [0.5, 0.6) is 5.75 Å². The van der Waals surface area contributed by atoms with E-state index in [0.29, 0.717) is 28.4 Å². The largest absolute Gasteiger partial charge is 0.497 e. The van der Waals surface area contributed by atoms with Gasteiger partial charge in [-0.15, -0.1) is 0 Å². The van der Waals surface area contributed by atoms with Crippen LogP contribution < -0.4 is 10.1 Å². The summed E-state index contributed by atoms with van der Waals surface area (Å²) in [7, 11) is 1.54. The van der Waals surface area contributed by atoms with Gasteiger partial charge in [0.25, 0.3) is 11.7 Å². The predicted octanol–water partition coefficient (Wildman–Crippen LogP) is 4.60. The third-order valence-corrected chi connectivity index (χ3v) is 5.63. The number of aromatic nitrogens is 2. The molecule has 0 fully saturated rings. The van der Waals surface area contributed by atoms with Crippen LogP contribution in [-0.4, -0.2) is 34.6 Å². The number of hydrogen-bond donors (Lipinski definition) is 1. The molecule has 182 valence electrons. The van der Waals surface area contributed by atoms with E-state index in [9.17, 15) is 14.4 Å². The Balaban J connectivity index is 1.58. The summed E-state index contributed by atoms with van der Waals surface area (Å²) in [5.74, 6) is -1.98. The van der Waals surface area contributed by atoms with Crippen LogP contribution >= 0.6 is 0 Å². The van der Waals surface area contributed by atoms with Gasteiger partial charge in [-0.25, -0.2) is 9.48 Å². The van der Waals surface area contributed by atoms with Crippen LogP contribution in [0.1, 0.15) is 33.4 Å². The van der Waals surface area contributed by atoms with Crippen molar-refractivity contribution in [3.05, 3.63) is 107 Å². The van der Waals surface area contributed by atoms with Crippen LogP contribution in [-0.2, 0) is 14.3 Å². The standard InChI is InChI=1S/C28H25N3O5/c1-18-24(19(2)31(30-18)22-12-8-5-9-13-22)25(32)28(34)36-26(20-10-6-4-7-11-20)27(33)29-21-14-16-23(35-3)17-15-21/h4-17,26H,1-3H3,(H,29,33)/t26-/m1/s1. The van der Waals surface area contributed by atoms with Gasteiger partial charge in [-0.05, 0) is 50.2 Å². The summed E-state index contributed by atoms with van der Waals surface area (Å²) in [6, 6.07) is 24.5. The average Bonchev–Trinajstić information content (AvgIpc) is 3.21. The molecule has 1 heterocycles. The van der Waals surface area contributed by atoms with Gasteiger partial charge in [-0.3, -0.25) is 9.59 Å². The number of amides is 1. The minimum absolute atomic E-state index is 0.145. The van der Waals surface area contributed by atoms with Crippen molar-refractivity contribution in [3.8, 4) is 11.4 Å². The number of ether oxygens (including phenoxy) is 2. The van der Waals surface area contributed by atoms with Gasteiger partial charge in [-0.1, -0.05) is 48.5 Å². The molecule has 0 spiro atoms. The molecule has 4 aromatic rings. The number of carbonyl (C=O) groups excluding carboxylic acids is 3. The van der Waals surface area contributed by atoms with E-state index in [-0.39, 0.29) is 5.56 Å². The molecule has 0 saturated carbocycles. The van der Waals surface area contributed by atoms with Gasteiger partial charge in [0.1, 0.15) is 5.75 Å². The summed E-state index contributed by atoms with van der Waals surface area (Å²) in [5.41, 5.74) is 2.70. The summed E-state index contributed by atoms with van der Waals surface area (Å²) in [6.45, 7) is 3.36. The van der Waals surface area contributed by atoms with Crippen molar-refractivity contribution in [2.45, 2.75) is 20.0 Å². The molecule has 1 N–H and O–H groups in total. The lowest BCUT2D eigenvalue weighted by Crippen LogP contribution is -2.29. The number of Topliss-reactive ketones (excluding diaryl/α,β-unsaturated/α-hetero) is 1. The predicted molar refractivity (Wildman–Crippen MR) is 134 cm³/mol. The van der Waals surface area contributed by atoms with Gasteiger partial charge < -0.3 is 14.8 Å². The van der Waals surface area contributed by atoms with Crippen molar-refractivity contribution in [1.82, 2.24) is 9.78 Å². The number of methoxy groups -OCH3 is 1. The van der Waals surface area contributed by atoms with Crippen LogP contribution in [0.3, 0.4) is 0 Å². The van der Waals surface area contributed by atoms with Gasteiger partial charge >= 0.3 is 5.97 Å². The molecule has 0 bridgehead atoms. The fourth-order valence-electron chi connectivity index (χ4n) is 3.84. The van der Waals surface area contributed by atoms with Crippen molar-refractivity contribution in [2.24, 2.45) is 0 Å². The highest BCUT2D eigenvalue weighted by atomic mass is 16.6. The second kappa shape index (κ2) is 10.7. The topological polar surface area (TPSA) is 99.5 Å². The zero-order valence-corrected chi connectivity index (χ0v) is 20.1. The lowest BCUT2D eigenvalue weighted by Gasteiger charge is -2.18. The van der Waals surface area contributed by atoms with Crippen molar-refractivity contribution in [1.29, 1.82) is 0 Å². The molecule has 0 aliphatic heterocycles. The molecule has 36 heavy (non-hydrogen) atoms. The molecule has 3 aromatic carbocycles. The van der Waals surface area contributed by atoms with Crippen molar-refractivity contribution in [3.63, 3.8) is 0 Å². The van der Waals surface area contributed by atoms with E-state index in [4.69, 9.17) is 9.47 Å². The van der Waals surface area contributed by atoms with Gasteiger partial charge in [0.2, 0.25) is 6.10 Å². The number of ketones is 1. The summed E-state index contributed by atoms with van der Waals surface area (Å²) >= 11 is 0. The zero-order valence-electron chi connectivity index (χ0n) is 20.1. The number of hydrogen-bond acceptors (Lipinski definition) is 6. The molecular weight excluding hydrogens is 458 g/mol. The number of nitrogens with one attached hydrogen (secondary N) is 1. The second-order valence-electron chi connectivity index (χ2n) is 8.04. The number of carbonyl (C=O) groups is 3. The van der Waals surface area contributed by atoms with Crippen molar-refractivity contribution < 1.29 is 23.9 Å². The zero-order chi connectivity index (χ0) is 25.7. The van der Waals surface area contributed by atoms with E-state index < -0.39 is 23.8 Å². The molecule has 4 rings (SSSR count). The summed E-state index contributed by atoms with van der Waals surface area (Å²) < 4.78 is 12.2. The summed E-state index contributed by atoms with van der Waals surface area (Å²) in [5, 5.41) is 7.15. The SMILES string of the molecule is COc1ccc(NC(=O)[C@H](OC(=O)C(=O)c2c(C)nn(-c3ccccc3)c2C)c2ccccc2)cc1. The van der Waals surface area contributed by atoms with Gasteiger partial charge in [0.05, 0.1) is 29.7 Å². The molecule has 8 heteroatoms. The number of anilines is 1. The maximum atomic E-state index is 13.2. The third kappa shape index (κ3) is 5.17. The smallest absolute Gasteiger partial charge is 0.380 e. The monoisotopic (exact) mass is 483 g/mol. The minimum Gasteiger partial charge on any atom is -0.497 e. The van der Waals surface area contributed by atoms with E-state index in [1.165, 1.54) is 0 Å². The van der Waals surface area contributed by atoms with Gasteiger partial charge in [0, 0.05) is 11.3 Å². The normalized spacial score (nSPS) is 11.4. The van der Waals surface area contributed by atoms with Crippen LogP contribution in [0.4, 0.5) is 5.69 Å². The maximum Gasteiger partial charge on any atom is 0.380 e. The first-order valence-corrected chi connectivity index (χ1v) is 11.3. The third-order valence-electron chi connectivity index (χ3n) is 5.63. The fourth-order valence-corrected chi connectivity index (χ4v) is 3.84. The number of aryl methyl sites for hydroxylation is 1. The second-order valence-corrected chi connectivity index (χ2v) is 8.04. The van der Waals surface area contributed by atoms with E-state index in [2.05, 4.69) is 10.4 Å². The van der Waals surface area contributed by atoms with E-state index >= 15 is 0 Å². The number of rotatable bonds is 8. The molecule has 0 aliphatic carbocycles. The molecule has 1 atom stereocenters. The number of benzene rings is 3. The van der Waals surface area contributed by atoms with E-state index in [0.717, 1.165) is 5.69 Å². The molecule has 0 radical (unpaired) electrons. The van der Waals surface area contributed by atoms with Crippen molar-refractivity contribution in [2.75, 3.05) is 12.4 Å². The number of para-hydroxylation sites is 1. The van der Waals surface area contributed by atoms with Crippen LogP contribution in [0.25, 0.3) is 5.69 Å². The average molecular weight is 484 g/mol. The van der Waals surface area contributed by atoms with Crippen LogP contribution in [0.15, 0.2) is 84.9 Å². The number of nitrogens with zero attached hydrogens (tertiary/aromatic N) is 2. The Bertz CT molecular complexity index is 1380. The van der Waals surface area contributed by atoms with Crippen LogP contribution in [0, 0.1) is 13.8 Å². The Labute approximate surface area is 208 Å². The number of esters is 1. The lowest BCUT2D eigenvalue weighted by atomic mass is 10.1. The first kappa shape index (κ1) is 24.4. The molecule has 0 aliphatic rings. The molecule has 8 nitrogen and oxygen atoms in total. The Hall–Kier alpha value is -4.72. The Morgan fingerprint density at radius 3 is 2.08 bits per heavy atom. The quantitative estimate of drug-likeness (QED) is 0.223. The fraction of sp³-hybridized carbons (Fsp3) is 0.143. The highest BCUT2D eigenvalue weighted by molar-refractivity contribution is 6.41.